The van der Waals surface area contributed by atoms with Crippen LogP contribution in [0.25, 0.3) is 0 Å². The summed E-state index contributed by atoms with van der Waals surface area (Å²) in [6, 6.07) is 5.67. The highest BCUT2D eigenvalue weighted by Gasteiger charge is 2.26. The van der Waals surface area contributed by atoms with Crippen LogP contribution in [0.4, 0.5) is 17.1 Å². The van der Waals surface area contributed by atoms with Gasteiger partial charge in [-0.25, -0.2) is 0 Å². The van der Waals surface area contributed by atoms with Crippen molar-refractivity contribution in [1.29, 1.82) is 0 Å². The molecule has 0 spiro atoms. The molecule has 2 atom stereocenters. The summed E-state index contributed by atoms with van der Waals surface area (Å²) >= 11 is 1.96. The van der Waals surface area contributed by atoms with E-state index in [2.05, 4.69) is 24.1 Å². The van der Waals surface area contributed by atoms with Crippen LogP contribution in [0.15, 0.2) is 18.2 Å². The monoisotopic (exact) mass is 295 g/mol. The Morgan fingerprint density at radius 2 is 2.20 bits per heavy atom. The van der Waals surface area contributed by atoms with E-state index in [1.165, 1.54) is 0 Å². The van der Waals surface area contributed by atoms with Gasteiger partial charge in [0.05, 0.1) is 4.92 Å². The van der Waals surface area contributed by atoms with Gasteiger partial charge in [-0.15, -0.1) is 0 Å². The maximum Gasteiger partial charge on any atom is 0.273 e. The molecule has 1 aromatic carbocycles. The average molecular weight is 295 g/mol. The van der Waals surface area contributed by atoms with Gasteiger partial charge in [-0.2, -0.15) is 11.8 Å². The lowest BCUT2D eigenvalue weighted by Crippen LogP contribution is -2.44. The van der Waals surface area contributed by atoms with Crippen LogP contribution < -0.4 is 10.2 Å². The molecule has 1 aliphatic heterocycles. The van der Waals surface area contributed by atoms with Crippen molar-refractivity contribution in [3.8, 4) is 0 Å². The smallest absolute Gasteiger partial charge is 0.273 e. The third kappa shape index (κ3) is 3.17. The number of rotatable bonds is 4. The van der Waals surface area contributed by atoms with E-state index in [-0.39, 0.29) is 10.6 Å². The molecule has 6 heteroatoms. The van der Waals surface area contributed by atoms with Crippen molar-refractivity contribution in [3.05, 3.63) is 28.3 Å². The van der Waals surface area contributed by atoms with Gasteiger partial charge in [0.15, 0.2) is 0 Å². The van der Waals surface area contributed by atoms with Gasteiger partial charge in [-0.3, -0.25) is 10.1 Å². The van der Waals surface area contributed by atoms with Crippen LogP contribution in [-0.2, 0) is 0 Å². The molecule has 1 aromatic rings. The van der Waals surface area contributed by atoms with Gasteiger partial charge in [-0.1, -0.05) is 6.92 Å². The fourth-order valence-electron chi connectivity index (χ4n) is 2.47. The molecule has 1 aliphatic rings. The van der Waals surface area contributed by atoms with Crippen LogP contribution in [0.5, 0.6) is 0 Å². The number of nitrogens with zero attached hydrogens (tertiary/aromatic N) is 2. The van der Waals surface area contributed by atoms with E-state index in [1.807, 2.05) is 24.8 Å². The molecule has 20 heavy (non-hydrogen) atoms. The fraction of sp³-hybridized carbons (Fsp3) is 0.571. The molecule has 1 saturated heterocycles. The summed E-state index contributed by atoms with van der Waals surface area (Å²) in [6.07, 6.45) is 0. The maximum atomic E-state index is 11.1. The Kier molecular flexibility index (Phi) is 4.75. The van der Waals surface area contributed by atoms with Crippen LogP contribution >= 0.6 is 11.8 Å². The van der Waals surface area contributed by atoms with Gasteiger partial charge in [0, 0.05) is 53.6 Å². The molecular formula is C14H21N3O2S. The summed E-state index contributed by atoms with van der Waals surface area (Å²) in [6.45, 7) is 8.07. The Morgan fingerprint density at radius 1 is 1.45 bits per heavy atom. The molecule has 1 heterocycles. The zero-order chi connectivity index (χ0) is 14.7. The quantitative estimate of drug-likeness (QED) is 0.682. The number of benzene rings is 1. The highest BCUT2D eigenvalue weighted by Crippen LogP contribution is 2.33. The number of thioether (sulfide) groups is 1. The van der Waals surface area contributed by atoms with Gasteiger partial charge < -0.3 is 10.2 Å². The summed E-state index contributed by atoms with van der Waals surface area (Å²) < 4.78 is 0. The molecule has 0 radical (unpaired) electrons. The molecule has 0 bridgehead atoms. The lowest BCUT2D eigenvalue weighted by atomic mass is 10.1. The lowest BCUT2D eigenvalue weighted by Gasteiger charge is -2.39. The van der Waals surface area contributed by atoms with E-state index in [1.54, 1.807) is 12.1 Å². The first-order valence-electron chi connectivity index (χ1n) is 6.94. The molecule has 0 aliphatic carbocycles. The molecule has 0 amide bonds. The summed E-state index contributed by atoms with van der Waals surface area (Å²) in [5, 5.41) is 14.8. The molecule has 0 saturated carbocycles. The molecule has 2 rings (SSSR count). The van der Waals surface area contributed by atoms with Crippen molar-refractivity contribution in [2.45, 2.75) is 32.1 Å². The number of non-ortho nitro benzene ring substituents is 1. The van der Waals surface area contributed by atoms with E-state index < -0.39 is 0 Å². The summed E-state index contributed by atoms with van der Waals surface area (Å²) in [5.41, 5.74) is 1.90. The van der Waals surface area contributed by atoms with Crippen molar-refractivity contribution in [3.63, 3.8) is 0 Å². The third-order valence-corrected chi connectivity index (χ3v) is 5.05. The number of nitrogens with one attached hydrogen (secondary N) is 1. The summed E-state index contributed by atoms with van der Waals surface area (Å²) in [5.74, 6) is 1.06. The Balaban J connectivity index is 2.36. The number of anilines is 2. The Morgan fingerprint density at radius 3 is 2.85 bits per heavy atom. The SMILES string of the molecule is CCNc1cc(N2CCSC(C)C2C)cc([N+](=O)[O-])c1. The largest absolute Gasteiger partial charge is 0.385 e. The zero-order valence-electron chi connectivity index (χ0n) is 12.1. The van der Waals surface area contributed by atoms with Crippen molar-refractivity contribution < 1.29 is 4.92 Å². The van der Waals surface area contributed by atoms with Gasteiger partial charge in [-0.05, 0) is 19.9 Å². The molecule has 1 N–H and O–H groups in total. The Bertz CT molecular complexity index is 495. The second kappa shape index (κ2) is 6.35. The van der Waals surface area contributed by atoms with Gasteiger partial charge in [0.1, 0.15) is 0 Å². The van der Waals surface area contributed by atoms with Gasteiger partial charge in [0.25, 0.3) is 5.69 Å². The normalized spacial score (nSPS) is 22.6. The zero-order valence-corrected chi connectivity index (χ0v) is 12.9. The first kappa shape index (κ1) is 15.0. The second-order valence-corrected chi connectivity index (χ2v) is 6.52. The van der Waals surface area contributed by atoms with Crippen molar-refractivity contribution in [1.82, 2.24) is 0 Å². The van der Waals surface area contributed by atoms with E-state index in [9.17, 15) is 10.1 Å². The second-order valence-electron chi connectivity index (χ2n) is 5.04. The molecule has 2 unspecified atom stereocenters. The van der Waals surface area contributed by atoms with Crippen LogP contribution in [0.1, 0.15) is 20.8 Å². The topological polar surface area (TPSA) is 58.4 Å². The predicted octanol–water partition coefficient (Wildman–Crippen LogP) is 3.36. The molecule has 110 valence electrons. The van der Waals surface area contributed by atoms with Crippen LogP contribution in [-0.4, -0.2) is 35.1 Å². The number of hydrogen-bond acceptors (Lipinski definition) is 5. The minimum atomic E-state index is -0.322. The van der Waals surface area contributed by atoms with Crippen molar-refractivity contribution >= 4 is 28.8 Å². The highest BCUT2D eigenvalue weighted by molar-refractivity contribution is 8.00. The maximum absolute atomic E-state index is 11.1. The Hall–Kier alpha value is -1.43. The van der Waals surface area contributed by atoms with Gasteiger partial charge in [0.2, 0.25) is 0 Å². The van der Waals surface area contributed by atoms with Crippen molar-refractivity contribution in [2.75, 3.05) is 29.1 Å². The standard InChI is InChI=1S/C14H21N3O2S/c1-4-15-12-7-13(9-14(8-12)17(18)19)16-5-6-20-11(3)10(16)2/h7-11,15H,4-6H2,1-3H3. The predicted molar refractivity (Wildman–Crippen MR) is 86.0 cm³/mol. The van der Waals surface area contributed by atoms with Crippen LogP contribution in [0.2, 0.25) is 0 Å². The Labute approximate surface area is 123 Å². The van der Waals surface area contributed by atoms with E-state index in [0.29, 0.717) is 11.3 Å². The number of nitro groups is 1. The fourth-order valence-corrected chi connectivity index (χ4v) is 3.57. The summed E-state index contributed by atoms with van der Waals surface area (Å²) in [4.78, 5) is 13.0. The minimum Gasteiger partial charge on any atom is -0.385 e. The first-order chi connectivity index (χ1) is 9.52. The average Bonchev–Trinajstić information content (AvgIpc) is 2.42. The third-order valence-electron chi connectivity index (χ3n) is 3.71. The van der Waals surface area contributed by atoms with E-state index in [0.717, 1.165) is 30.2 Å². The number of hydrogen-bond donors (Lipinski definition) is 1. The molecule has 0 aromatic heterocycles. The molecular weight excluding hydrogens is 274 g/mol. The molecule has 5 nitrogen and oxygen atoms in total. The van der Waals surface area contributed by atoms with Crippen molar-refractivity contribution in [2.24, 2.45) is 0 Å². The van der Waals surface area contributed by atoms with Crippen LogP contribution in [0.3, 0.4) is 0 Å². The lowest BCUT2D eigenvalue weighted by molar-refractivity contribution is -0.384. The number of nitro benzene ring substituents is 1. The van der Waals surface area contributed by atoms with E-state index >= 15 is 0 Å². The van der Waals surface area contributed by atoms with E-state index in [4.69, 9.17) is 0 Å². The summed E-state index contributed by atoms with van der Waals surface area (Å²) in [7, 11) is 0. The van der Waals surface area contributed by atoms with Crippen LogP contribution in [0, 0.1) is 10.1 Å². The van der Waals surface area contributed by atoms with Gasteiger partial charge >= 0.3 is 0 Å². The minimum absolute atomic E-state index is 0.150. The molecule has 1 fully saturated rings. The first-order valence-corrected chi connectivity index (χ1v) is 7.99. The highest BCUT2D eigenvalue weighted by atomic mass is 32.2.